The molecule has 0 unspecified atom stereocenters. The van der Waals surface area contributed by atoms with Crippen LogP contribution in [0.4, 0.5) is 0 Å². The Kier molecular flexibility index (Phi) is 9.20. The molecule has 0 aliphatic carbocycles. The molecule has 0 amide bonds. The second-order valence-corrected chi connectivity index (χ2v) is 17.4. The number of fused-ring (bicyclic) bond motifs is 4. The lowest BCUT2D eigenvalue weighted by Gasteiger charge is -2.18. The minimum absolute atomic E-state index is 0.0726. The summed E-state index contributed by atoms with van der Waals surface area (Å²) in [5.41, 5.74) is 7.53. The average Bonchev–Trinajstić information content (AvgIpc) is 3.99. The summed E-state index contributed by atoms with van der Waals surface area (Å²) >= 11 is 1.58. The van der Waals surface area contributed by atoms with Crippen LogP contribution >= 0.6 is 11.3 Å². The number of thiophene rings is 1. The molecule has 10 aromatic rings. The molecule has 0 saturated heterocycles. The van der Waals surface area contributed by atoms with Gasteiger partial charge in [0.25, 0.3) is 0 Å². The van der Waals surface area contributed by atoms with Crippen molar-refractivity contribution in [3.05, 3.63) is 153 Å². The normalized spacial score (nSPS) is 12.0. The Morgan fingerprint density at radius 3 is 1.22 bits per heavy atom. The highest BCUT2D eigenvalue weighted by molar-refractivity contribution is 7.18. The summed E-state index contributed by atoms with van der Waals surface area (Å²) in [5, 5.41) is 0.870. The Balaban J connectivity index is 0.000000153. The van der Waals surface area contributed by atoms with Crippen LogP contribution in [0.25, 0.3) is 88.4 Å². The number of aromatic nitrogens is 4. The van der Waals surface area contributed by atoms with Gasteiger partial charge in [-0.25, -0.2) is 29.5 Å². The van der Waals surface area contributed by atoms with Gasteiger partial charge in [0.15, 0.2) is 11.2 Å². The molecule has 0 atom stereocenters. The van der Waals surface area contributed by atoms with Gasteiger partial charge in [-0.05, 0) is 107 Å². The molecule has 5 aromatic carbocycles. The molecule has 0 N–H and O–H groups in total. The van der Waals surface area contributed by atoms with Crippen molar-refractivity contribution in [1.29, 1.82) is 0 Å². The van der Waals surface area contributed by atoms with Crippen LogP contribution in [0.3, 0.4) is 0 Å². The molecule has 0 fully saturated rings. The lowest BCUT2D eigenvalue weighted by molar-refractivity contribution is 0.516. The molecule has 11 heteroatoms. The van der Waals surface area contributed by atoms with Crippen LogP contribution in [-0.4, -0.2) is 19.9 Å². The Hall–Kier alpha value is -6.98. The molecule has 0 spiro atoms. The van der Waals surface area contributed by atoms with Gasteiger partial charge in [-0.15, -0.1) is 11.3 Å². The van der Waals surface area contributed by atoms with Gasteiger partial charge in [-0.3, -0.25) is 0 Å². The van der Waals surface area contributed by atoms with Gasteiger partial charge in [0, 0.05) is 11.1 Å². The predicted octanol–water partition coefficient (Wildman–Crippen LogP) is 12.0. The molecule has 0 saturated carbocycles. The summed E-state index contributed by atoms with van der Waals surface area (Å²) in [7, 11) is 0. The molecule has 5 heterocycles. The van der Waals surface area contributed by atoms with E-state index in [0.29, 0.717) is 44.7 Å². The van der Waals surface area contributed by atoms with E-state index in [1.165, 1.54) is 11.1 Å². The summed E-state index contributed by atoms with van der Waals surface area (Å²) in [6.07, 6.45) is 0. The number of hydrogen-bond acceptors (Lipinski definition) is 11. The van der Waals surface area contributed by atoms with Crippen LogP contribution in [0.2, 0.25) is 0 Å². The molecule has 0 bridgehead atoms. The molecule has 10 rings (SSSR count). The van der Waals surface area contributed by atoms with Gasteiger partial charge in [-0.1, -0.05) is 77.9 Å². The van der Waals surface area contributed by atoms with E-state index in [2.05, 4.69) is 75.8 Å². The van der Waals surface area contributed by atoms with Gasteiger partial charge in [-0.2, -0.15) is 0 Å². The van der Waals surface area contributed by atoms with E-state index in [0.717, 1.165) is 32.0 Å². The first kappa shape index (κ1) is 37.6. The van der Waals surface area contributed by atoms with E-state index in [1.807, 2.05) is 36.4 Å². The van der Waals surface area contributed by atoms with Crippen LogP contribution in [0, 0.1) is 0 Å². The number of oxazole rings is 2. The third kappa shape index (κ3) is 7.48. The Bertz CT molecular complexity index is 3080. The lowest BCUT2D eigenvalue weighted by Crippen LogP contribution is -2.10. The van der Waals surface area contributed by atoms with Crippen LogP contribution in [0.15, 0.2) is 149 Å². The van der Waals surface area contributed by atoms with E-state index in [9.17, 15) is 9.59 Å². The van der Waals surface area contributed by atoms with Gasteiger partial charge in [0.2, 0.25) is 23.6 Å². The molecule has 0 aliphatic rings. The largest absolute Gasteiger partial charge is 0.435 e. The zero-order chi connectivity index (χ0) is 41.1. The molecule has 292 valence electrons. The summed E-state index contributed by atoms with van der Waals surface area (Å²) < 4.78 is 22.7. The SMILES string of the molecule is CC(C)(C)c1ccc2oc(-c3ccc(-c4nc5cc(C(C)(C)C)ccc5o4)s3)nc2c1.O=c1oc(-c2ccc(-c3nc4ccccc4c(=O)o3)cc2)nc2ccccc12. The highest BCUT2D eigenvalue weighted by Gasteiger charge is 2.20. The first-order chi connectivity index (χ1) is 28.3. The van der Waals surface area contributed by atoms with Crippen molar-refractivity contribution in [3.8, 4) is 44.4 Å². The molecule has 59 heavy (non-hydrogen) atoms. The second-order valence-electron chi connectivity index (χ2n) is 16.3. The monoisotopic (exact) mass is 798 g/mol. The summed E-state index contributed by atoms with van der Waals surface area (Å²) in [6.45, 7) is 13.2. The molecule has 0 radical (unpaired) electrons. The minimum atomic E-state index is -0.438. The fourth-order valence-corrected chi connectivity index (χ4v) is 7.46. The fourth-order valence-electron chi connectivity index (χ4n) is 6.61. The maximum atomic E-state index is 12.2. The average molecular weight is 799 g/mol. The van der Waals surface area contributed by atoms with Gasteiger partial charge in [0.1, 0.15) is 11.0 Å². The van der Waals surface area contributed by atoms with Crippen molar-refractivity contribution in [2.24, 2.45) is 0 Å². The van der Waals surface area contributed by atoms with E-state index >= 15 is 0 Å². The second kappa shape index (κ2) is 14.4. The van der Waals surface area contributed by atoms with Crippen molar-refractivity contribution in [2.45, 2.75) is 52.4 Å². The maximum absolute atomic E-state index is 12.2. The van der Waals surface area contributed by atoms with E-state index in [-0.39, 0.29) is 22.6 Å². The highest BCUT2D eigenvalue weighted by Crippen LogP contribution is 2.38. The maximum Gasteiger partial charge on any atom is 0.347 e. The topological polar surface area (TPSA) is 138 Å². The summed E-state index contributed by atoms with van der Waals surface area (Å²) in [5.74, 6) is 1.71. The van der Waals surface area contributed by atoms with Gasteiger partial charge < -0.3 is 17.7 Å². The number of rotatable bonds is 4. The van der Waals surface area contributed by atoms with Crippen LogP contribution in [0.1, 0.15) is 52.7 Å². The number of benzene rings is 5. The number of hydrogen-bond donors (Lipinski definition) is 0. The summed E-state index contributed by atoms with van der Waals surface area (Å²) in [6, 6.07) is 37.5. The van der Waals surface area contributed by atoms with Crippen molar-refractivity contribution in [3.63, 3.8) is 0 Å². The van der Waals surface area contributed by atoms with E-state index in [4.69, 9.17) is 27.6 Å². The Labute approximate surface area is 341 Å². The minimum Gasteiger partial charge on any atom is -0.435 e. The molecular weight excluding hydrogens is 761 g/mol. The molecular formula is C48H38N4O6S. The number of para-hydroxylation sites is 2. The quantitative estimate of drug-likeness (QED) is 0.169. The standard InChI is InChI=1S/C26H26N2O2S.C22H12N2O4/c1-25(2,3)15-7-9-19-17(13-15)27-23(29-19)21-11-12-22(31-21)24-28-18-14-16(26(4,5)6)8-10-20(18)30-24;25-21-15-5-1-3-7-17(15)23-19(27-21)13-9-11-14(12-10-13)20-24-18-8-4-2-6-16(18)22(26)28-20/h7-14H,1-6H3;1-12H. The van der Waals surface area contributed by atoms with Crippen molar-refractivity contribution < 1.29 is 17.7 Å². The number of nitrogens with zero attached hydrogens (tertiary/aromatic N) is 4. The molecule has 5 aromatic heterocycles. The summed E-state index contributed by atoms with van der Waals surface area (Å²) in [4.78, 5) is 44.5. The predicted molar refractivity (Wildman–Crippen MR) is 233 cm³/mol. The fraction of sp³-hybridized carbons (Fsp3) is 0.167. The molecule has 10 nitrogen and oxygen atoms in total. The van der Waals surface area contributed by atoms with Crippen molar-refractivity contribution >= 4 is 55.3 Å². The first-order valence-electron chi connectivity index (χ1n) is 19.1. The van der Waals surface area contributed by atoms with Crippen molar-refractivity contribution in [1.82, 2.24) is 19.9 Å². The smallest absolute Gasteiger partial charge is 0.347 e. The third-order valence-electron chi connectivity index (χ3n) is 9.98. The first-order valence-corrected chi connectivity index (χ1v) is 19.9. The zero-order valence-electron chi connectivity index (χ0n) is 33.2. The van der Waals surface area contributed by atoms with Gasteiger partial charge in [0.05, 0.1) is 31.6 Å². The van der Waals surface area contributed by atoms with Crippen LogP contribution < -0.4 is 11.3 Å². The molecule has 0 aliphatic heterocycles. The van der Waals surface area contributed by atoms with Crippen LogP contribution in [0.5, 0.6) is 0 Å². The van der Waals surface area contributed by atoms with E-state index in [1.54, 1.807) is 72.0 Å². The van der Waals surface area contributed by atoms with E-state index < -0.39 is 11.3 Å². The van der Waals surface area contributed by atoms with Gasteiger partial charge >= 0.3 is 11.3 Å². The van der Waals surface area contributed by atoms with Crippen molar-refractivity contribution in [2.75, 3.05) is 0 Å². The highest BCUT2D eigenvalue weighted by atomic mass is 32.1. The Morgan fingerprint density at radius 1 is 0.424 bits per heavy atom. The van der Waals surface area contributed by atoms with Crippen LogP contribution in [-0.2, 0) is 10.8 Å². The zero-order valence-corrected chi connectivity index (χ0v) is 34.0. The lowest BCUT2D eigenvalue weighted by atomic mass is 9.87. The third-order valence-corrected chi connectivity index (χ3v) is 11.0. The Morgan fingerprint density at radius 2 is 0.814 bits per heavy atom.